The number of nitrogens with zero attached hydrogens (tertiary/aromatic N) is 5. The Kier molecular flexibility index (Phi) is 5.05. The molecule has 0 bridgehead atoms. The maximum atomic E-state index is 15.2. The molecule has 0 aliphatic carbocycles. The lowest BCUT2D eigenvalue weighted by molar-refractivity contribution is 0.439. The molecule has 0 aliphatic rings. The van der Waals surface area contributed by atoms with E-state index in [1.807, 2.05) is 6.07 Å². The van der Waals surface area contributed by atoms with E-state index in [1.165, 1.54) is 18.2 Å². The summed E-state index contributed by atoms with van der Waals surface area (Å²) in [6.45, 7) is 0. The zero-order valence-electron chi connectivity index (χ0n) is 15.0. The predicted octanol–water partition coefficient (Wildman–Crippen LogP) is 5.06. The number of hydrogen-bond acceptors (Lipinski definition) is 5. The molecule has 4 rings (SSSR count). The summed E-state index contributed by atoms with van der Waals surface area (Å²) in [7, 11) is 1.75. The largest absolute Gasteiger partial charge is 0.453 e. The van der Waals surface area contributed by atoms with E-state index in [2.05, 4.69) is 15.3 Å². The summed E-state index contributed by atoms with van der Waals surface area (Å²) in [5.41, 5.74) is 1.90. The standard InChI is InChI=1S/C20H12Cl2FN5O/c1-28-20-15(4-5-25-26-20)17(27-28)8-12-2-3-16(22)19(18(12)23)29-14-7-11(10-24)6-13(21)9-14/h2-7,9H,8H2,1H3. The summed E-state index contributed by atoms with van der Waals surface area (Å²) >= 11 is 12.2. The van der Waals surface area contributed by atoms with E-state index in [9.17, 15) is 0 Å². The number of rotatable bonds is 4. The van der Waals surface area contributed by atoms with Gasteiger partial charge in [0, 0.05) is 23.9 Å². The van der Waals surface area contributed by atoms with Crippen molar-refractivity contribution in [1.82, 2.24) is 20.0 Å². The van der Waals surface area contributed by atoms with Gasteiger partial charge in [-0.1, -0.05) is 29.3 Å². The van der Waals surface area contributed by atoms with Crippen molar-refractivity contribution in [2.75, 3.05) is 0 Å². The Morgan fingerprint density at radius 1 is 1.21 bits per heavy atom. The molecule has 2 aromatic heterocycles. The normalized spacial score (nSPS) is 10.9. The molecule has 0 spiro atoms. The third-order valence-electron chi connectivity index (χ3n) is 4.30. The molecule has 2 heterocycles. The lowest BCUT2D eigenvalue weighted by Gasteiger charge is -2.12. The van der Waals surface area contributed by atoms with Gasteiger partial charge < -0.3 is 4.74 Å². The van der Waals surface area contributed by atoms with Crippen molar-refractivity contribution in [1.29, 1.82) is 5.26 Å². The van der Waals surface area contributed by atoms with Crippen LogP contribution in [0.1, 0.15) is 16.8 Å². The van der Waals surface area contributed by atoms with E-state index < -0.39 is 5.82 Å². The molecule has 29 heavy (non-hydrogen) atoms. The summed E-state index contributed by atoms with van der Waals surface area (Å²) in [4.78, 5) is 0. The van der Waals surface area contributed by atoms with Crippen LogP contribution in [-0.4, -0.2) is 20.0 Å². The molecule has 4 aromatic rings. The first-order valence-corrected chi connectivity index (χ1v) is 9.20. The minimum absolute atomic E-state index is 0.0986. The molecule has 144 valence electrons. The van der Waals surface area contributed by atoms with Gasteiger partial charge in [0.1, 0.15) is 5.75 Å². The highest BCUT2D eigenvalue weighted by Gasteiger charge is 2.18. The Morgan fingerprint density at radius 3 is 2.83 bits per heavy atom. The molecule has 6 nitrogen and oxygen atoms in total. The molecule has 0 N–H and O–H groups in total. The number of nitriles is 1. The van der Waals surface area contributed by atoms with Crippen LogP contribution in [-0.2, 0) is 13.5 Å². The van der Waals surface area contributed by atoms with Crippen LogP contribution in [0, 0.1) is 17.1 Å². The lowest BCUT2D eigenvalue weighted by atomic mass is 10.1. The zero-order valence-corrected chi connectivity index (χ0v) is 16.5. The molecule has 0 radical (unpaired) electrons. The second-order valence-corrected chi connectivity index (χ2v) is 7.10. The number of fused-ring (bicyclic) bond motifs is 1. The quantitative estimate of drug-likeness (QED) is 0.454. The molecular weight excluding hydrogens is 416 g/mol. The van der Waals surface area contributed by atoms with Crippen molar-refractivity contribution in [2.24, 2.45) is 7.05 Å². The van der Waals surface area contributed by atoms with Gasteiger partial charge in [0.15, 0.2) is 17.2 Å². The maximum absolute atomic E-state index is 15.2. The molecule has 0 atom stereocenters. The van der Waals surface area contributed by atoms with Crippen LogP contribution in [0.25, 0.3) is 11.0 Å². The Hall–Kier alpha value is -3.21. The highest BCUT2D eigenvalue weighted by molar-refractivity contribution is 6.32. The monoisotopic (exact) mass is 427 g/mol. The molecule has 0 aliphatic heterocycles. The Morgan fingerprint density at radius 2 is 2.03 bits per heavy atom. The molecular formula is C20H12Cl2FN5O. The summed E-state index contributed by atoms with van der Waals surface area (Å²) in [6.07, 6.45) is 1.77. The first-order valence-electron chi connectivity index (χ1n) is 8.45. The molecule has 0 saturated heterocycles. The van der Waals surface area contributed by atoms with Crippen LogP contribution in [0.5, 0.6) is 11.5 Å². The van der Waals surface area contributed by atoms with Gasteiger partial charge in [-0.05, 0) is 35.9 Å². The fourth-order valence-corrected chi connectivity index (χ4v) is 3.40. The summed E-state index contributed by atoms with van der Waals surface area (Å²) in [5, 5.41) is 22.6. The smallest absolute Gasteiger partial charge is 0.181 e. The Labute approximate surface area is 175 Å². The van der Waals surface area contributed by atoms with E-state index in [0.29, 0.717) is 27.5 Å². The molecule has 9 heteroatoms. The van der Waals surface area contributed by atoms with Crippen molar-refractivity contribution in [3.63, 3.8) is 0 Å². The van der Waals surface area contributed by atoms with Gasteiger partial charge in [-0.2, -0.15) is 15.5 Å². The zero-order chi connectivity index (χ0) is 20.5. The van der Waals surface area contributed by atoms with Gasteiger partial charge in [-0.25, -0.2) is 9.07 Å². The van der Waals surface area contributed by atoms with Crippen molar-refractivity contribution in [3.8, 4) is 17.6 Å². The SMILES string of the molecule is Cn1nc(Cc2ccc(Cl)c(Oc3cc(Cl)cc(C#N)c3)c2F)c2ccnnc21. The Balaban J connectivity index is 1.72. The third kappa shape index (κ3) is 3.73. The average Bonchev–Trinajstić information content (AvgIpc) is 3.03. The first-order chi connectivity index (χ1) is 14.0. The van der Waals surface area contributed by atoms with Crippen LogP contribution in [0.4, 0.5) is 4.39 Å². The molecule has 0 saturated carbocycles. The summed E-state index contributed by atoms with van der Waals surface area (Å²) < 4.78 is 22.5. The fraction of sp³-hybridized carbons (Fsp3) is 0.100. The maximum Gasteiger partial charge on any atom is 0.181 e. The van der Waals surface area contributed by atoms with Crippen LogP contribution in [0.2, 0.25) is 10.0 Å². The van der Waals surface area contributed by atoms with E-state index >= 15 is 4.39 Å². The summed E-state index contributed by atoms with van der Waals surface area (Å²) in [5.74, 6) is -0.544. The molecule has 0 fully saturated rings. The predicted molar refractivity (Wildman–Crippen MR) is 107 cm³/mol. The van der Waals surface area contributed by atoms with E-state index in [4.69, 9.17) is 33.2 Å². The van der Waals surface area contributed by atoms with Gasteiger partial charge >= 0.3 is 0 Å². The highest BCUT2D eigenvalue weighted by Crippen LogP contribution is 2.36. The van der Waals surface area contributed by atoms with Gasteiger partial charge in [0.25, 0.3) is 0 Å². The second-order valence-electron chi connectivity index (χ2n) is 6.25. The molecule has 2 aromatic carbocycles. The molecule has 0 unspecified atom stereocenters. The average molecular weight is 428 g/mol. The van der Waals surface area contributed by atoms with E-state index in [1.54, 1.807) is 36.1 Å². The number of benzene rings is 2. The van der Waals surface area contributed by atoms with Crippen molar-refractivity contribution < 1.29 is 9.13 Å². The number of aryl methyl sites for hydroxylation is 1. The van der Waals surface area contributed by atoms with Crippen LogP contribution < -0.4 is 4.74 Å². The van der Waals surface area contributed by atoms with Crippen molar-refractivity contribution >= 4 is 34.2 Å². The van der Waals surface area contributed by atoms with E-state index in [-0.39, 0.29) is 22.9 Å². The van der Waals surface area contributed by atoms with Crippen LogP contribution in [0.3, 0.4) is 0 Å². The topological polar surface area (TPSA) is 76.6 Å². The minimum atomic E-state index is -0.614. The minimum Gasteiger partial charge on any atom is -0.453 e. The van der Waals surface area contributed by atoms with Gasteiger partial charge in [-0.3, -0.25) is 0 Å². The van der Waals surface area contributed by atoms with Gasteiger partial charge in [0.05, 0.1) is 28.5 Å². The van der Waals surface area contributed by atoms with Crippen molar-refractivity contribution in [2.45, 2.75) is 6.42 Å². The number of aromatic nitrogens is 4. The van der Waals surface area contributed by atoms with Crippen molar-refractivity contribution in [3.05, 3.63) is 75.3 Å². The number of hydrogen-bond donors (Lipinski definition) is 0. The number of halogens is 3. The summed E-state index contributed by atoms with van der Waals surface area (Å²) in [6, 6.07) is 11.3. The fourth-order valence-electron chi connectivity index (χ4n) is 2.99. The molecule has 0 amide bonds. The second kappa shape index (κ2) is 7.66. The Bertz CT molecular complexity index is 1280. The lowest BCUT2D eigenvalue weighted by Crippen LogP contribution is -1.99. The van der Waals surface area contributed by atoms with Crippen LogP contribution >= 0.6 is 23.2 Å². The first kappa shape index (κ1) is 19.1. The van der Waals surface area contributed by atoms with Gasteiger partial charge in [-0.15, -0.1) is 5.10 Å². The third-order valence-corrected chi connectivity index (χ3v) is 4.81. The van der Waals surface area contributed by atoms with E-state index in [0.717, 1.165) is 5.39 Å². The number of ether oxygens (including phenoxy) is 1. The van der Waals surface area contributed by atoms with Crippen LogP contribution in [0.15, 0.2) is 42.6 Å². The highest BCUT2D eigenvalue weighted by atomic mass is 35.5. The van der Waals surface area contributed by atoms with Gasteiger partial charge in [0.2, 0.25) is 0 Å².